The van der Waals surface area contributed by atoms with E-state index in [1.165, 1.54) is 6.07 Å². The van der Waals surface area contributed by atoms with Crippen molar-refractivity contribution < 1.29 is 5.11 Å². The van der Waals surface area contributed by atoms with Gasteiger partial charge >= 0.3 is 0 Å². The summed E-state index contributed by atoms with van der Waals surface area (Å²) in [5, 5.41) is 13.9. The van der Waals surface area contributed by atoms with Crippen LogP contribution >= 0.6 is 15.9 Å². The van der Waals surface area contributed by atoms with Crippen LogP contribution in [0.1, 0.15) is 0 Å². The Morgan fingerprint density at radius 1 is 1.21 bits per heavy atom. The fraction of sp³-hybridized carbons (Fsp3) is 0. The first-order valence-electron chi connectivity index (χ1n) is 3.97. The molecule has 0 aliphatic carbocycles. The van der Waals surface area contributed by atoms with Gasteiger partial charge in [0.1, 0.15) is 5.69 Å². The summed E-state index contributed by atoms with van der Waals surface area (Å²) in [7, 11) is 0. The van der Waals surface area contributed by atoms with E-state index in [2.05, 4.69) is 21.1 Å². The molecular weight excluding hydrogens is 246 g/mol. The molecule has 3 nitrogen and oxygen atoms in total. The maximum absolute atomic E-state index is 10.3. The molecule has 0 aliphatic rings. The van der Waals surface area contributed by atoms with E-state index in [9.17, 15) is 10.0 Å². The lowest BCUT2D eigenvalue weighted by Crippen LogP contribution is -1.75. The zero-order valence-corrected chi connectivity index (χ0v) is 8.65. The first-order valence-corrected chi connectivity index (χ1v) is 4.76. The standard InChI is InChI=1S/C10H6BrNO2/c11-7-2-3-8-6(5-7)1-4-9(12-14)10(8)13/h1-5,13H. The lowest BCUT2D eigenvalue weighted by atomic mass is 10.1. The number of hydrogen-bond donors (Lipinski definition) is 1. The average Bonchev–Trinajstić information content (AvgIpc) is 2.18. The maximum Gasteiger partial charge on any atom is 0.152 e. The summed E-state index contributed by atoms with van der Waals surface area (Å²) in [5.41, 5.74) is 0.0693. The SMILES string of the molecule is O=Nc1ccc2cc(Br)ccc2c1O. The molecule has 0 aliphatic heterocycles. The molecule has 2 rings (SSSR count). The molecule has 0 unspecified atom stereocenters. The van der Waals surface area contributed by atoms with Crippen molar-refractivity contribution in [2.45, 2.75) is 0 Å². The van der Waals surface area contributed by atoms with E-state index in [4.69, 9.17) is 0 Å². The molecule has 0 heterocycles. The lowest BCUT2D eigenvalue weighted by molar-refractivity contribution is 0.483. The predicted octanol–water partition coefficient (Wildman–Crippen LogP) is 3.71. The molecule has 2 aromatic rings. The molecule has 0 aromatic heterocycles. The minimum absolute atomic E-state index is 0.0648. The van der Waals surface area contributed by atoms with Gasteiger partial charge in [-0.2, -0.15) is 0 Å². The summed E-state index contributed by atoms with van der Waals surface area (Å²) in [4.78, 5) is 10.3. The molecule has 0 bridgehead atoms. The molecule has 70 valence electrons. The van der Waals surface area contributed by atoms with Crippen molar-refractivity contribution in [3.8, 4) is 5.75 Å². The first kappa shape index (κ1) is 9.15. The second-order valence-corrected chi connectivity index (χ2v) is 3.81. The molecular formula is C10H6BrNO2. The van der Waals surface area contributed by atoms with E-state index in [1.54, 1.807) is 18.2 Å². The highest BCUT2D eigenvalue weighted by molar-refractivity contribution is 9.10. The van der Waals surface area contributed by atoms with Crippen LogP contribution in [0, 0.1) is 4.91 Å². The van der Waals surface area contributed by atoms with E-state index < -0.39 is 0 Å². The molecule has 0 saturated carbocycles. The van der Waals surface area contributed by atoms with Crippen LogP contribution in [0.4, 0.5) is 5.69 Å². The van der Waals surface area contributed by atoms with Crippen molar-refractivity contribution in [1.82, 2.24) is 0 Å². The van der Waals surface area contributed by atoms with Gasteiger partial charge in [-0.25, -0.2) is 0 Å². The van der Waals surface area contributed by atoms with Crippen LogP contribution in [0.5, 0.6) is 5.75 Å². The highest BCUT2D eigenvalue weighted by Gasteiger charge is 2.06. The van der Waals surface area contributed by atoms with Gasteiger partial charge in [0.15, 0.2) is 5.75 Å². The first-order chi connectivity index (χ1) is 6.72. The zero-order valence-electron chi connectivity index (χ0n) is 7.07. The molecule has 0 saturated heterocycles. The summed E-state index contributed by atoms with van der Waals surface area (Å²) in [6, 6.07) is 8.65. The van der Waals surface area contributed by atoms with Crippen LogP contribution in [-0.2, 0) is 0 Å². The van der Waals surface area contributed by atoms with Crippen molar-refractivity contribution >= 4 is 32.4 Å². The number of aromatic hydroxyl groups is 1. The van der Waals surface area contributed by atoms with Crippen molar-refractivity contribution in [3.05, 3.63) is 39.7 Å². The topological polar surface area (TPSA) is 49.7 Å². The highest BCUT2D eigenvalue weighted by atomic mass is 79.9. The number of hydrogen-bond acceptors (Lipinski definition) is 3. The molecule has 14 heavy (non-hydrogen) atoms. The Kier molecular flexibility index (Phi) is 2.21. The third-order valence-corrected chi connectivity index (χ3v) is 2.52. The molecule has 4 heteroatoms. The van der Waals surface area contributed by atoms with Gasteiger partial charge in [-0.05, 0) is 34.8 Å². The Labute approximate surface area is 88.5 Å². The van der Waals surface area contributed by atoms with Crippen LogP contribution in [0.3, 0.4) is 0 Å². The van der Waals surface area contributed by atoms with Gasteiger partial charge in [-0.1, -0.05) is 22.0 Å². The molecule has 0 radical (unpaired) electrons. The number of fused-ring (bicyclic) bond motifs is 1. The van der Waals surface area contributed by atoms with Crippen molar-refractivity contribution in [1.29, 1.82) is 0 Å². The van der Waals surface area contributed by atoms with Crippen molar-refractivity contribution in [2.75, 3.05) is 0 Å². The maximum atomic E-state index is 10.3. The third-order valence-electron chi connectivity index (χ3n) is 2.03. The normalized spacial score (nSPS) is 10.4. The van der Waals surface area contributed by atoms with Gasteiger partial charge in [0.05, 0.1) is 0 Å². The Morgan fingerprint density at radius 3 is 2.71 bits per heavy atom. The van der Waals surface area contributed by atoms with Gasteiger partial charge in [0.25, 0.3) is 0 Å². The van der Waals surface area contributed by atoms with Crippen molar-refractivity contribution in [3.63, 3.8) is 0 Å². The van der Waals surface area contributed by atoms with E-state index in [0.717, 1.165) is 9.86 Å². The van der Waals surface area contributed by atoms with Crippen LogP contribution in [0.2, 0.25) is 0 Å². The number of halogens is 1. The fourth-order valence-electron chi connectivity index (χ4n) is 1.35. The van der Waals surface area contributed by atoms with Crippen LogP contribution < -0.4 is 0 Å². The monoisotopic (exact) mass is 251 g/mol. The van der Waals surface area contributed by atoms with Gasteiger partial charge in [0, 0.05) is 9.86 Å². The van der Waals surface area contributed by atoms with Gasteiger partial charge < -0.3 is 5.11 Å². The highest BCUT2D eigenvalue weighted by Crippen LogP contribution is 2.35. The number of nitroso groups, excluding NO2 is 1. The number of rotatable bonds is 1. The Bertz CT molecular complexity index is 511. The van der Waals surface area contributed by atoms with E-state index in [0.29, 0.717) is 5.39 Å². The summed E-state index contributed by atoms with van der Waals surface area (Å²) >= 11 is 3.33. The Balaban J connectivity index is 2.83. The third kappa shape index (κ3) is 1.37. The second-order valence-electron chi connectivity index (χ2n) is 2.89. The second kappa shape index (κ2) is 3.38. The summed E-state index contributed by atoms with van der Waals surface area (Å²) in [6.07, 6.45) is 0. The quantitative estimate of drug-likeness (QED) is 0.786. The van der Waals surface area contributed by atoms with E-state index in [1.807, 2.05) is 6.07 Å². The van der Waals surface area contributed by atoms with Crippen LogP contribution in [0.25, 0.3) is 10.8 Å². The van der Waals surface area contributed by atoms with Crippen LogP contribution in [0.15, 0.2) is 40.0 Å². The number of nitrogens with zero attached hydrogens (tertiary/aromatic N) is 1. The van der Waals surface area contributed by atoms with Crippen molar-refractivity contribution in [2.24, 2.45) is 5.18 Å². The predicted molar refractivity (Wildman–Crippen MR) is 58.8 cm³/mol. The number of phenolic OH excluding ortho intramolecular Hbond substituents is 1. The van der Waals surface area contributed by atoms with Gasteiger partial charge in [-0.3, -0.25) is 0 Å². The largest absolute Gasteiger partial charge is 0.505 e. The molecule has 0 fully saturated rings. The zero-order chi connectivity index (χ0) is 10.1. The lowest BCUT2D eigenvalue weighted by Gasteiger charge is -2.02. The molecule has 0 amide bonds. The summed E-state index contributed by atoms with van der Waals surface area (Å²) in [6.45, 7) is 0. The molecule has 2 aromatic carbocycles. The minimum atomic E-state index is -0.0648. The van der Waals surface area contributed by atoms with E-state index >= 15 is 0 Å². The minimum Gasteiger partial charge on any atom is -0.505 e. The molecule has 0 spiro atoms. The Hall–Kier alpha value is -1.42. The average molecular weight is 252 g/mol. The molecule has 0 atom stereocenters. The number of phenols is 1. The molecule has 1 N–H and O–H groups in total. The Morgan fingerprint density at radius 2 is 2.00 bits per heavy atom. The van der Waals surface area contributed by atoms with Gasteiger partial charge in [0.2, 0.25) is 0 Å². The van der Waals surface area contributed by atoms with Crippen LogP contribution in [-0.4, -0.2) is 5.11 Å². The number of benzene rings is 2. The summed E-state index contributed by atoms with van der Waals surface area (Å²) < 4.78 is 0.927. The van der Waals surface area contributed by atoms with Gasteiger partial charge in [-0.15, -0.1) is 4.91 Å². The van der Waals surface area contributed by atoms with E-state index in [-0.39, 0.29) is 11.4 Å². The summed E-state index contributed by atoms with van der Waals surface area (Å²) in [5.74, 6) is -0.0648. The fourth-order valence-corrected chi connectivity index (χ4v) is 1.73. The smallest absolute Gasteiger partial charge is 0.152 e.